The Morgan fingerprint density at radius 1 is 1.05 bits per heavy atom. The fourth-order valence-corrected chi connectivity index (χ4v) is 2.93. The lowest BCUT2D eigenvalue weighted by atomic mass is 10.2. The molecule has 0 heterocycles. The standard InChI is InChI=1S/C16H18ClNS/c1-2-18-11-13-7-9-15(10-8-13)19-12-14-5-3-4-6-16(14)17/h3-10,18H,2,11-12H2,1H3. The van der Waals surface area contributed by atoms with E-state index >= 15 is 0 Å². The monoisotopic (exact) mass is 291 g/mol. The molecule has 0 amide bonds. The molecule has 19 heavy (non-hydrogen) atoms. The van der Waals surface area contributed by atoms with Crippen LogP contribution in [-0.2, 0) is 12.3 Å². The van der Waals surface area contributed by atoms with Gasteiger partial charge in [-0.3, -0.25) is 0 Å². The summed E-state index contributed by atoms with van der Waals surface area (Å²) < 4.78 is 0. The van der Waals surface area contributed by atoms with E-state index in [4.69, 9.17) is 11.6 Å². The molecule has 1 nitrogen and oxygen atoms in total. The normalized spacial score (nSPS) is 10.6. The molecule has 2 aromatic rings. The lowest BCUT2D eigenvalue weighted by Gasteiger charge is -2.06. The second-order valence-electron chi connectivity index (χ2n) is 4.30. The Bertz CT molecular complexity index is 510. The number of thioether (sulfide) groups is 1. The molecular weight excluding hydrogens is 274 g/mol. The molecule has 0 aliphatic carbocycles. The number of hydrogen-bond donors (Lipinski definition) is 1. The largest absolute Gasteiger partial charge is 0.313 e. The van der Waals surface area contributed by atoms with E-state index in [0.29, 0.717) is 0 Å². The van der Waals surface area contributed by atoms with Crippen molar-refractivity contribution in [3.63, 3.8) is 0 Å². The van der Waals surface area contributed by atoms with Gasteiger partial charge in [0.1, 0.15) is 0 Å². The third kappa shape index (κ3) is 4.57. The average Bonchev–Trinajstić information content (AvgIpc) is 2.45. The van der Waals surface area contributed by atoms with Crippen LogP contribution in [0.5, 0.6) is 0 Å². The quantitative estimate of drug-likeness (QED) is 0.771. The lowest BCUT2D eigenvalue weighted by molar-refractivity contribution is 0.726. The minimum atomic E-state index is 0.846. The van der Waals surface area contributed by atoms with Crippen molar-refractivity contribution in [1.82, 2.24) is 5.32 Å². The highest BCUT2D eigenvalue weighted by atomic mass is 35.5. The Morgan fingerprint density at radius 2 is 1.79 bits per heavy atom. The SMILES string of the molecule is CCNCc1ccc(SCc2ccccc2Cl)cc1. The van der Waals surface area contributed by atoms with Gasteiger partial charge in [0, 0.05) is 22.2 Å². The Kier molecular flexibility index (Phi) is 5.77. The summed E-state index contributed by atoms with van der Waals surface area (Å²) >= 11 is 7.97. The molecule has 0 spiro atoms. The number of halogens is 1. The highest BCUT2D eigenvalue weighted by molar-refractivity contribution is 7.98. The fourth-order valence-electron chi connectivity index (χ4n) is 1.75. The molecule has 0 radical (unpaired) electrons. The zero-order valence-electron chi connectivity index (χ0n) is 11.0. The second-order valence-corrected chi connectivity index (χ2v) is 5.76. The molecule has 100 valence electrons. The van der Waals surface area contributed by atoms with E-state index in [1.165, 1.54) is 16.0 Å². The average molecular weight is 292 g/mol. The molecule has 0 aromatic heterocycles. The van der Waals surface area contributed by atoms with Gasteiger partial charge in [0.25, 0.3) is 0 Å². The van der Waals surface area contributed by atoms with Gasteiger partial charge in [-0.05, 0) is 35.9 Å². The maximum Gasteiger partial charge on any atom is 0.0446 e. The lowest BCUT2D eigenvalue weighted by Crippen LogP contribution is -2.11. The molecule has 1 N–H and O–H groups in total. The van der Waals surface area contributed by atoms with Crippen LogP contribution < -0.4 is 5.32 Å². The summed E-state index contributed by atoms with van der Waals surface area (Å²) in [6.45, 7) is 4.06. The van der Waals surface area contributed by atoms with Gasteiger partial charge >= 0.3 is 0 Å². The van der Waals surface area contributed by atoms with Gasteiger partial charge in [0.2, 0.25) is 0 Å². The van der Waals surface area contributed by atoms with E-state index in [9.17, 15) is 0 Å². The summed E-state index contributed by atoms with van der Waals surface area (Å²) in [5.74, 6) is 0.909. The number of nitrogens with one attached hydrogen (secondary N) is 1. The van der Waals surface area contributed by atoms with E-state index < -0.39 is 0 Å². The predicted octanol–water partition coefficient (Wildman–Crippen LogP) is 4.74. The van der Waals surface area contributed by atoms with E-state index in [1.807, 2.05) is 30.0 Å². The zero-order valence-corrected chi connectivity index (χ0v) is 12.6. The van der Waals surface area contributed by atoms with Gasteiger partial charge in [0.15, 0.2) is 0 Å². The summed E-state index contributed by atoms with van der Waals surface area (Å²) in [5.41, 5.74) is 2.51. The zero-order chi connectivity index (χ0) is 13.5. The van der Waals surface area contributed by atoms with Crippen molar-refractivity contribution in [3.8, 4) is 0 Å². The highest BCUT2D eigenvalue weighted by Gasteiger charge is 2.00. The number of rotatable bonds is 6. The van der Waals surface area contributed by atoms with Crippen molar-refractivity contribution < 1.29 is 0 Å². The molecule has 2 rings (SSSR count). The van der Waals surface area contributed by atoms with Gasteiger partial charge in [-0.15, -0.1) is 11.8 Å². The van der Waals surface area contributed by atoms with Crippen molar-refractivity contribution >= 4 is 23.4 Å². The summed E-state index contributed by atoms with van der Waals surface area (Å²) in [6, 6.07) is 16.7. The minimum absolute atomic E-state index is 0.846. The Hall–Kier alpha value is -0.960. The topological polar surface area (TPSA) is 12.0 Å². The molecular formula is C16H18ClNS. The molecule has 3 heteroatoms. The van der Waals surface area contributed by atoms with E-state index in [1.54, 1.807) is 0 Å². The van der Waals surface area contributed by atoms with Gasteiger partial charge in [-0.1, -0.05) is 48.9 Å². The number of benzene rings is 2. The van der Waals surface area contributed by atoms with Crippen LogP contribution in [0, 0.1) is 0 Å². The van der Waals surface area contributed by atoms with Gasteiger partial charge in [0.05, 0.1) is 0 Å². The van der Waals surface area contributed by atoms with Crippen LogP contribution in [0.15, 0.2) is 53.4 Å². The van der Waals surface area contributed by atoms with Crippen LogP contribution in [0.2, 0.25) is 5.02 Å². The minimum Gasteiger partial charge on any atom is -0.313 e. The van der Waals surface area contributed by atoms with Crippen LogP contribution in [0.1, 0.15) is 18.1 Å². The van der Waals surface area contributed by atoms with Crippen LogP contribution >= 0.6 is 23.4 Å². The van der Waals surface area contributed by atoms with E-state index in [-0.39, 0.29) is 0 Å². The van der Waals surface area contributed by atoms with Crippen molar-refractivity contribution in [2.45, 2.75) is 24.1 Å². The highest BCUT2D eigenvalue weighted by Crippen LogP contribution is 2.26. The molecule has 2 aromatic carbocycles. The molecule has 0 fully saturated rings. The molecule has 0 aliphatic rings. The Labute approximate surface area is 124 Å². The van der Waals surface area contributed by atoms with Crippen LogP contribution in [0.3, 0.4) is 0 Å². The summed E-state index contributed by atoms with van der Waals surface area (Å²) in [4.78, 5) is 1.28. The second kappa shape index (κ2) is 7.59. The first-order chi connectivity index (χ1) is 9.29. The molecule has 0 atom stereocenters. The van der Waals surface area contributed by atoms with E-state index in [0.717, 1.165) is 23.9 Å². The predicted molar refractivity (Wildman–Crippen MR) is 84.8 cm³/mol. The molecule has 0 aliphatic heterocycles. The molecule has 0 saturated heterocycles. The van der Waals surface area contributed by atoms with Crippen LogP contribution in [-0.4, -0.2) is 6.54 Å². The smallest absolute Gasteiger partial charge is 0.0446 e. The van der Waals surface area contributed by atoms with Crippen molar-refractivity contribution in [3.05, 3.63) is 64.7 Å². The van der Waals surface area contributed by atoms with Crippen molar-refractivity contribution in [1.29, 1.82) is 0 Å². The van der Waals surface area contributed by atoms with Crippen LogP contribution in [0.25, 0.3) is 0 Å². The molecule has 0 bridgehead atoms. The van der Waals surface area contributed by atoms with Crippen molar-refractivity contribution in [2.24, 2.45) is 0 Å². The Morgan fingerprint density at radius 3 is 2.47 bits per heavy atom. The first kappa shape index (κ1) is 14.4. The van der Waals surface area contributed by atoms with Gasteiger partial charge in [-0.25, -0.2) is 0 Å². The maximum absolute atomic E-state index is 6.15. The van der Waals surface area contributed by atoms with Gasteiger partial charge < -0.3 is 5.32 Å². The maximum atomic E-state index is 6.15. The third-order valence-corrected chi connectivity index (χ3v) is 4.28. The Balaban J connectivity index is 1.91. The van der Waals surface area contributed by atoms with Crippen LogP contribution in [0.4, 0.5) is 0 Å². The van der Waals surface area contributed by atoms with Gasteiger partial charge in [-0.2, -0.15) is 0 Å². The van der Waals surface area contributed by atoms with E-state index in [2.05, 4.69) is 42.6 Å². The first-order valence-corrected chi connectivity index (χ1v) is 7.82. The number of hydrogen-bond acceptors (Lipinski definition) is 2. The third-order valence-electron chi connectivity index (χ3n) is 2.85. The molecule has 0 unspecified atom stereocenters. The molecule has 0 saturated carbocycles. The first-order valence-electron chi connectivity index (χ1n) is 6.45. The summed E-state index contributed by atoms with van der Waals surface area (Å²) in [6.07, 6.45) is 0. The summed E-state index contributed by atoms with van der Waals surface area (Å²) in [7, 11) is 0. The van der Waals surface area contributed by atoms with Crippen molar-refractivity contribution in [2.75, 3.05) is 6.54 Å². The fraction of sp³-hybridized carbons (Fsp3) is 0.250. The summed E-state index contributed by atoms with van der Waals surface area (Å²) in [5, 5.41) is 4.17.